The average Bonchev–Trinajstić information content (AvgIpc) is 3.46. The van der Waals surface area contributed by atoms with Crippen molar-refractivity contribution in [1.82, 2.24) is 20.2 Å². The van der Waals surface area contributed by atoms with Gasteiger partial charge in [0.05, 0.1) is 24.2 Å². The van der Waals surface area contributed by atoms with Crippen molar-refractivity contribution in [2.45, 2.75) is 52.5 Å². The number of fused-ring (bicyclic) bond motifs is 1. The maximum absolute atomic E-state index is 12.7. The van der Waals surface area contributed by atoms with Gasteiger partial charge in [-0.15, -0.1) is 11.3 Å². The molecular weight excluding hydrogens is 436 g/mol. The quantitative estimate of drug-likeness (QED) is 0.364. The molecule has 0 radical (unpaired) electrons. The van der Waals surface area contributed by atoms with E-state index in [1.165, 1.54) is 4.88 Å². The van der Waals surface area contributed by atoms with E-state index < -0.39 is 0 Å². The van der Waals surface area contributed by atoms with Crippen LogP contribution in [0, 0.1) is 0 Å². The smallest absolute Gasteiger partial charge is 0.251 e. The molecule has 178 valence electrons. The van der Waals surface area contributed by atoms with Crippen LogP contribution >= 0.6 is 11.3 Å². The Bertz CT molecular complexity index is 1040. The highest BCUT2D eigenvalue weighted by Gasteiger charge is 2.19. The van der Waals surface area contributed by atoms with Crippen LogP contribution in [0.5, 0.6) is 0 Å². The number of carbonyl (C=O) groups is 2. The van der Waals surface area contributed by atoms with E-state index in [9.17, 15) is 9.59 Å². The molecule has 33 heavy (non-hydrogen) atoms. The number of ether oxygens (including phenoxy) is 1. The summed E-state index contributed by atoms with van der Waals surface area (Å²) in [5.41, 5.74) is 2.34. The molecule has 0 unspecified atom stereocenters. The normalized spacial score (nSPS) is 11.3. The monoisotopic (exact) mass is 470 g/mol. The highest BCUT2D eigenvalue weighted by atomic mass is 32.1. The predicted octanol–water partition coefficient (Wildman–Crippen LogP) is 4.32. The van der Waals surface area contributed by atoms with Crippen molar-refractivity contribution in [2.24, 2.45) is 0 Å². The van der Waals surface area contributed by atoms with Crippen molar-refractivity contribution in [1.29, 1.82) is 0 Å². The Morgan fingerprint density at radius 2 is 1.94 bits per heavy atom. The zero-order chi connectivity index (χ0) is 23.6. The fourth-order valence-corrected chi connectivity index (χ4v) is 4.58. The fourth-order valence-electron chi connectivity index (χ4n) is 3.88. The van der Waals surface area contributed by atoms with Crippen LogP contribution in [-0.4, -0.2) is 47.7 Å². The van der Waals surface area contributed by atoms with Crippen molar-refractivity contribution in [2.75, 3.05) is 26.3 Å². The summed E-state index contributed by atoms with van der Waals surface area (Å²) < 4.78 is 7.66. The number of hydrogen-bond donors (Lipinski definition) is 2. The van der Waals surface area contributed by atoms with Crippen molar-refractivity contribution < 1.29 is 14.3 Å². The Balaban J connectivity index is 1.70. The maximum atomic E-state index is 12.7. The third kappa shape index (κ3) is 6.65. The van der Waals surface area contributed by atoms with Crippen LogP contribution in [-0.2, 0) is 16.0 Å². The summed E-state index contributed by atoms with van der Waals surface area (Å²) in [4.78, 5) is 30.8. The first kappa shape index (κ1) is 24.9. The molecule has 3 aromatic rings. The van der Waals surface area contributed by atoms with Gasteiger partial charge in [0.1, 0.15) is 5.82 Å². The Morgan fingerprint density at radius 1 is 1.12 bits per heavy atom. The fraction of sp³-hybridized carbons (Fsp3) is 0.480. The molecule has 0 atom stereocenters. The molecule has 3 rings (SSSR count). The van der Waals surface area contributed by atoms with Crippen molar-refractivity contribution >= 4 is 34.2 Å². The van der Waals surface area contributed by atoms with E-state index >= 15 is 0 Å². The van der Waals surface area contributed by atoms with Crippen molar-refractivity contribution in [3.8, 4) is 0 Å². The van der Waals surface area contributed by atoms with E-state index in [0.29, 0.717) is 31.4 Å². The second kappa shape index (κ2) is 12.5. The molecule has 8 heteroatoms. The van der Waals surface area contributed by atoms with Crippen LogP contribution in [0.3, 0.4) is 0 Å². The maximum Gasteiger partial charge on any atom is 0.251 e. The first-order valence-electron chi connectivity index (χ1n) is 11.7. The van der Waals surface area contributed by atoms with E-state index in [0.717, 1.165) is 42.5 Å². The molecule has 1 aromatic carbocycles. The number of thiophene rings is 1. The van der Waals surface area contributed by atoms with E-state index in [1.807, 2.05) is 25.1 Å². The molecular formula is C25H34N4O3S. The molecule has 7 nitrogen and oxygen atoms in total. The highest BCUT2D eigenvalue weighted by molar-refractivity contribution is 7.09. The number of benzene rings is 1. The standard InChI is InChI=1S/C25H34N4O3S/c1-4-12-32-13-11-26-24(30)17-27-25(31)18-9-10-22-21(15-18)28-23(16-20-8-7-14-33-20)29(22)19(5-2)6-3/h7-10,14-15,19H,4-6,11-13,16-17H2,1-3H3,(H,26,30)(H,27,31). The van der Waals surface area contributed by atoms with Gasteiger partial charge >= 0.3 is 0 Å². The van der Waals surface area contributed by atoms with Crippen molar-refractivity contribution in [3.05, 3.63) is 52.0 Å². The Morgan fingerprint density at radius 3 is 2.64 bits per heavy atom. The Hall–Kier alpha value is -2.71. The molecule has 2 aromatic heterocycles. The number of carbonyl (C=O) groups excluding carboxylic acids is 2. The summed E-state index contributed by atoms with van der Waals surface area (Å²) in [5, 5.41) is 7.52. The van der Waals surface area contributed by atoms with Gasteiger partial charge in [-0.1, -0.05) is 26.8 Å². The van der Waals surface area contributed by atoms with Crippen LogP contribution in [0.1, 0.15) is 67.1 Å². The third-order valence-electron chi connectivity index (χ3n) is 5.57. The first-order valence-corrected chi connectivity index (χ1v) is 12.6. The Labute approximate surface area is 199 Å². The number of hydrogen-bond acceptors (Lipinski definition) is 5. The van der Waals surface area contributed by atoms with Crippen LogP contribution in [0.2, 0.25) is 0 Å². The minimum atomic E-state index is -0.286. The minimum absolute atomic E-state index is 0.0730. The molecule has 0 spiro atoms. The molecule has 0 saturated carbocycles. The predicted molar refractivity (Wildman–Crippen MR) is 133 cm³/mol. The summed E-state index contributed by atoms with van der Waals surface area (Å²) in [5.74, 6) is 0.496. The van der Waals surface area contributed by atoms with Gasteiger partial charge in [0, 0.05) is 36.1 Å². The Kier molecular flexibility index (Phi) is 9.45. The van der Waals surface area contributed by atoms with Gasteiger partial charge in [-0.2, -0.15) is 0 Å². The number of nitrogens with one attached hydrogen (secondary N) is 2. The molecule has 0 aliphatic heterocycles. The van der Waals surface area contributed by atoms with Gasteiger partial charge in [-0.3, -0.25) is 9.59 Å². The van der Waals surface area contributed by atoms with E-state index in [1.54, 1.807) is 11.3 Å². The second-order valence-corrected chi connectivity index (χ2v) is 9.01. The molecule has 0 bridgehead atoms. The molecule has 0 saturated heterocycles. The van der Waals surface area contributed by atoms with E-state index in [-0.39, 0.29) is 18.4 Å². The zero-order valence-corrected chi connectivity index (χ0v) is 20.5. The highest BCUT2D eigenvalue weighted by Crippen LogP contribution is 2.28. The topological polar surface area (TPSA) is 85.2 Å². The lowest BCUT2D eigenvalue weighted by Gasteiger charge is -2.18. The van der Waals surface area contributed by atoms with Gasteiger partial charge in [0.2, 0.25) is 5.91 Å². The lowest BCUT2D eigenvalue weighted by Crippen LogP contribution is -2.38. The van der Waals surface area contributed by atoms with Gasteiger partial charge in [0.15, 0.2) is 0 Å². The van der Waals surface area contributed by atoms with Gasteiger partial charge in [-0.05, 0) is 48.9 Å². The number of imidazole rings is 1. The molecule has 0 fully saturated rings. The minimum Gasteiger partial charge on any atom is -0.380 e. The summed E-state index contributed by atoms with van der Waals surface area (Å²) in [6.07, 6.45) is 3.74. The van der Waals surface area contributed by atoms with Crippen LogP contribution < -0.4 is 10.6 Å². The molecule has 2 N–H and O–H groups in total. The van der Waals surface area contributed by atoms with Gasteiger partial charge in [0.25, 0.3) is 5.91 Å². The van der Waals surface area contributed by atoms with Gasteiger partial charge < -0.3 is 19.9 Å². The number of amides is 2. The summed E-state index contributed by atoms with van der Waals surface area (Å²) >= 11 is 1.73. The summed E-state index contributed by atoms with van der Waals surface area (Å²) in [6, 6.07) is 10.1. The largest absolute Gasteiger partial charge is 0.380 e. The molecule has 2 amide bonds. The number of rotatable bonds is 13. The molecule has 2 heterocycles. The summed E-state index contributed by atoms with van der Waals surface area (Å²) in [7, 11) is 0. The summed E-state index contributed by atoms with van der Waals surface area (Å²) in [6.45, 7) is 7.92. The molecule has 0 aliphatic carbocycles. The lowest BCUT2D eigenvalue weighted by molar-refractivity contribution is -0.120. The van der Waals surface area contributed by atoms with E-state index in [2.05, 4.69) is 46.6 Å². The first-order chi connectivity index (χ1) is 16.1. The number of nitrogens with zero attached hydrogens (tertiary/aromatic N) is 2. The van der Waals surface area contributed by atoms with Crippen LogP contribution in [0.25, 0.3) is 11.0 Å². The lowest BCUT2D eigenvalue weighted by atomic mass is 10.1. The SMILES string of the molecule is CCCOCCNC(=O)CNC(=O)c1ccc2c(c1)nc(Cc1cccs1)n2C(CC)CC. The van der Waals surface area contributed by atoms with Crippen molar-refractivity contribution in [3.63, 3.8) is 0 Å². The van der Waals surface area contributed by atoms with Crippen LogP contribution in [0.4, 0.5) is 0 Å². The average molecular weight is 471 g/mol. The molecule has 0 aliphatic rings. The zero-order valence-electron chi connectivity index (χ0n) is 19.7. The second-order valence-electron chi connectivity index (χ2n) is 7.97. The third-order valence-corrected chi connectivity index (χ3v) is 6.45. The number of aromatic nitrogens is 2. The van der Waals surface area contributed by atoms with Crippen LogP contribution in [0.15, 0.2) is 35.7 Å². The van der Waals surface area contributed by atoms with Gasteiger partial charge in [-0.25, -0.2) is 4.98 Å². The van der Waals surface area contributed by atoms with E-state index in [4.69, 9.17) is 9.72 Å².